The number of carbonyl (C=O) groups is 10. The van der Waals surface area contributed by atoms with Crippen LogP contribution in [0, 0.1) is 11.8 Å². The number of hydrogen-bond donors (Lipinski definition) is 9. The molecule has 7 atom stereocenters. The number of ketones is 2. The highest BCUT2D eigenvalue weighted by Gasteiger charge is 2.40. The molecule has 23 heteroatoms. The van der Waals surface area contributed by atoms with Gasteiger partial charge in [0.1, 0.15) is 30.2 Å². The number of aliphatic carboxylic acids is 1. The normalized spacial score (nSPS) is 15.8. The average molecular weight is 1140 g/mol. The molecule has 440 valence electrons. The summed E-state index contributed by atoms with van der Waals surface area (Å²) in [6.07, 6.45) is -2.73. The predicted octanol–water partition coefficient (Wildman–Crippen LogP) is 3.98. The highest BCUT2D eigenvalue weighted by atomic mass is 19.4. The highest BCUT2D eigenvalue weighted by molar-refractivity contribution is 6.30. The Morgan fingerprint density at radius 3 is 1.78 bits per heavy atom. The van der Waals surface area contributed by atoms with Gasteiger partial charge >= 0.3 is 12.1 Å². The van der Waals surface area contributed by atoms with E-state index in [1.165, 1.54) is 11.8 Å². The van der Waals surface area contributed by atoms with Crippen molar-refractivity contribution in [2.75, 3.05) is 31.5 Å². The summed E-state index contributed by atoms with van der Waals surface area (Å²) in [5.41, 5.74) is 9.17. The quantitative estimate of drug-likeness (QED) is 0.0374. The van der Waals surface area contributed by atoms with E-state index >= 15 is 0 Å². The van der Waals surface area contributed by atoms with Crippen molar-refractivity contribution >= 4 is 64.6 Å². The Bertz CT molecular complexity index is 2930. The van der Waals surface area contributed by atoms with Crippen molar-refractivity contribution in [3.63, 3.8) is 0 Å². The van der Waals surface area contributed by atoms with Crippen LogP contribution in [0.5, 0.6) is 0 Å². The van der Waals surface area contributed by atoms with Crippen LogP contribution in [0.15, 0.2) is 103 Å². The summed E-state index contributed by atoms with van der Waals surface area (Å²) in [5.74, 6) is -7.53. The van der Waals surface area contributed by atoms with Gasteiger partial charge in [0.05, 0.1) is 18.2 Å². The van der Waals surface area contributed by atoms with Gasteiger partial charge in [-0.05, 0) is 61.6 Å². The number of amides is 7. The van der Waals surface area contributed by atoms with Crippen LogP contribution in [0.1, 0.15) is 110 Å². The number of alkyl halides is 3. The smallest absolute Gasteiger partial charge is 0.475 e. The highest BCUT2D eigenvalue weighted by Crippen LogP contribution is 2.32. The van der Waals surface area contributed by atoms with Crippen LogP contribution in [0.4, 0.5) is 18.9 Å². The summed E-state index contributed by atoms with van der Waals surface area (Å²) >= 11 is 0. The van der Waals surface area contributed by atoms with Gasteiger partial charge in [-0.2, -0.15) is 13.2 Å². The number of nitrogens with one attached hydrogen (secondary N) is 7. The number of nitrogens with zero attached hydrogens (tertiary/aromatic N) is 1. The van der Waals surface area contributed by atoms with Gasteiger partial charge in [-0.3, -0.25) is 43.2 Å². The lowest BCUT2D eigenvalue weighted by molar-refractivity contribution is -0.192. The molecule has 4 aromatic carbocycles. The van der Waals surface area contributed by atoms with Crippen LogP contribution in [0.2, 0.25) is 0 Å². The summed E-state index contributed by atoms with van der Waals surface area (Å²) in [6, 6.07) is 23.9. The summed E-state index contributed by atoms with van der Waals surface area (Å²) in [7, 11) is 0. The first-order valence-electron chi connectivity index (χ1n) is 27.2. The molecule has 0 bridgehead atoms. The molecule has 2 aliphatic rings. The minimum absolute atomic E-state index is 0.00580. The van der Waals surface area contributed by atoms with Crippen LogP contribution in [0.3, 0.4) is 0 Å². The largest absolute Gasteiger partial charge is 0.490 e. The SMILES string of the molecule is CC[C@H](C)[C@H](NC(=O)[C@H](Cc1ccccc1)NC(=O)[C@H](CC(C)C)NC(=O)[C@@H](C)N)C(=O)NCC(=O)N[C@@H](Cc1ccccc1)C(=O)N1CCC[C@H]1C(=O)NCCCNc1cccc2c1C(=O)c1ccccc1C2=O.O=C(O)C(F)(F)F. The third-order valence-corrected chi connectivity index (χ3v) is 13.8. The number of anilines is 1. The van der Waals surface area contributed by atoms with Gasteiger partial charge in [0.15, 0.2) is 11.6 Å². The van der Waals surface area contributed by atoms with Gasteiger partial charge < -0.3 is 53.0 Å². The average Bonchev–Trinajstić information content (AvgIpc) is 4.06. The fourth-order valence-corrected chi connectivity index (χ4v) is 9.30. The van der Waals surface area contributed by atoms with Gasteiger partial charge in [0.2, 0.25) is 41.4 Å². The number of carboxylic acid groups (broad SMARTS) is 1. The zero-order valence-electron chi connectivity index (χ0n) is 46.4. The Labute approximate surface area is 473 Å². The molecule has 6 rings (SSSR count). The fraction of sp³-hybridized carbons (Fsp3) is 0.424. The van der Waals surface area contributed by atoms with E-state index in [1.54, 1.807) is 73.7 Å². The Morgan fingerprint density at radius 2 is 1.21 bits per heavy atom. The maximum atomic E-state index is 14.4. The van der Waals surface area contributed by atoms with E-state index in [0.29, 0.717) is 60.2 Å². The standard InChI is InChI=1S/C57H71N9O9.C2HF3O2/c1-6-35(4)49(65-54(72)44(31-37-18-9-7-10-19-37)64-53(71)43(30-34(2)3)63-52(70)36(5)58)56(74)61-33-47(67)62-45(32-38-20-11-8-12-21-38)57(75)66-29-16-26-46(66)55(73)60-28-17-27-59-42-25-15-24-41-48(42)51(69)40-23-14-13-22-39(40)50(41)68;3-2(4,5)1(6)7/h7-15,18-25,34-36,43-46,49,59H,6,16-17,26-33,58H2,1-5H3,(H,60,73)(H,61,74)(H,62,67)(H,63,70)(H,64,71)(H,65,72);(H,6,7)/t35-,36+,43-,44-,45-,46-,49-;/m0./s1. The van der Waals surface area contributed by atoms with Gasteiger partial charge in [-0.15, -0.1) is 0 Å². The molecule has 1 aliphatic heterocycles. The maximum absolute atomic E-state index is 14.4. The minimum atomic E-state index is -5.08. The van der Waals surface area contributed by atoms with Crippen molar-refractivity contribution in [1.82, 2.24) is 36.8 Å². The van der Waals surface area contributed by atoms with Gasteiger partial charge in [0.25, 0.3) is 0 Å². The molecule has 1 heterocycles. The van der Waals surface area contributed by atoms with E-state index in [4.69, 9.17) is 15.6 Å². The molecular formula is C59H72F3N9O11. The van der Waals surface area contributed by atoms with E-state index < -0.39 is 96.3 Å². The summed E-state index contributed by atoms with van der Waals surface area (Å²) in [5, 5.41) is 27.1. The third-order valence-electron chi connectivity index (χ3n) is 13.8. The first kappa shape index (κ1) is 64.4. The molecule has 82 heavy (non-hydrogen) atoms. The van der Waals surface area contributed by atoms with Crippen molar-refractivity contribution in [1.29, 1.82) is 0 Å². The number of hydrogen-bond acceptors (Lipinski definition) is 12. The Kier molecular flexibility index (Phi) is 23.8. The van der Waals surface area contributed by atoms with E-state index in [0.717, 1.165) is 11.1 Å². The number of nitrogens with two attached hydrogens (primary N) is 1. The van der Waals surface area contributed by atoms with E-state index in [1.807, 2.05) is 57.2 Å². The van der Waals surface area contributed by atoms with Gasteiger partial charge in [-0.1, -0.05) is 131 Å². The van der Waals surface area contributed by atoms with E-state index in [9.17, 15) is 56.3 Å². The molecule has 0 unspecified atom stereocenters. The van der Waals surface area contributed by atoms with Crippen LogP contribution in [-0.4, -0.2) is 137 Å². The summed E-state index contributed by atoms with van der Waals surface area (Å²) in [4.78, 5) is 133. The molecule has 20 nitrogen and oxygen atoms in total. The topological polar surface area (TPSA) is 304 Å². The number of carbonyl (C=O) groups excluding carboxylic acids is 9. The molecule has 4 aromatic rings. The number of benzene rings is 4. The van der Waals surface area contributed by atoms with Crippen LogP contribution >= 0.6 is 0 Å². The number of halogens is 3. The molecule has 7 amide bonds. The molecule has 1 saturated heterocycles. The van der Waals surface area contributed by atoms with Crippen LogP contribution in [-0.2, 0) is 51.2 Å². The monoisotopic (exact) mass is 1140 g/mol. The maximum Gasteiger partial charge on any atom is 0.490 e. The zero-order valence-corrected chi connectivity index (χ0v) is 46.4. The predicted molar refractivity (Wildman–Crippen MR) is 298 cm³/mol. The number of likely N-dealkylation sites (tertiary alicyclic amines) is 1. The lowest BCUT2D eigenvalue weighted by Gasteiger charge is -2.29. The van der Waals surface area contributed by atoms with E-state index in [2.05, 4.69) is 37.2 Å². The molecule has 0 radical (unpaired) electrons. The van der Waals surface area contributed by atoms with Gasteiger partial charge in [0, 0.05) is 54.9 Å². The lowest BCUT2D eigenvalue weighted by atomic mass is 9.83. The second kappa shape index (κ2) is 30.4. The third kappa shape index (κ3) is 18.3. The van der Waals surface area contributed by atoms with E-state index in [-0.39, 0.29) is 55.7 Å². The lowest BCUT2D eigenvalue weighted by Crippen LogP contribution is -2.59. The number of rotatable bonds is 25. The Morgan fingerprint density at radius 1 is 0.659 bits per heavy atom. The van der Waals surface area contributed by atoms with Crippen molar-refractivity contribution in [3.8, 4) is 0 Å². The number of carboxylic acids is 1. The molecule has 1 aliphatic carbocycles. The van der Waals surface area contributed by atoms with Crippen molar-refractivity contribution in [3.05, 3.63) is 137 Å². The Hall–Kier alpha value is -8.47. The Balaban J connectivity index is 0.00000165. The summed E-state index contributed by atoms with van der Waals surface area (Å²) in [6.45, 7) is 9.29. The van der Waals surface area contributed by atoms with Crippen molar-refractivity contribution < 1.29 is 66.2 Å². The van der Waals surface area contributed by atoms with Crippen LogP contribution in [0.25, 0.3) is 0 Å². The molecule has 1 fully saturated rings. The first-order valence-corrected chi connectivity index (χ1v) is 27.2. The molecule has 10 N–H and O–H groups in total. The number of fused-ring (bicyclic) bond motifs is 2. The fourth-order valence-electron chi connectivity index (χ4n) is 9.30. The second-order valence-electron chi connectivity index (χ2n) is 20.6. The minimum Gasteiger partial charge on any atom is -0.475 e. The molecule has 0 saturated carbocycles. The molecule has 0 aromatic heterocycles. The van der Waals surface area contributed by atoms with Gasteiger partial charge in [-0.25, -0.2) is 4.79 Å². The molecular weight excluding hydrogens is 1070 g/mol. The first-order chi connectivity index (χ1) is 38.9. The molecule has 0 spiro atoms. The van der Waals surface area contributed by atoms with Crippen molar-refractivity contribution in [2.24, 2.45) is 17.6 Å². The van der Waals surface area contributed by atoms with Crippen LogP contribution < -0.4 is 43.0 Å². The summed E-state index contributed by atoms with van der Waals surface area (Å²) < 4.78 is 31.7. The zero-order chi connectivity index (χ0) is 60.3. The second-order valence-corrected chi connectivity index (χ2v) is 20.6. The van der Waals surface area contributed by atoms with Crippen molar-refractivity contribution in [2.45, 2.75) is 122 Å².